The first-order valence-electron chi connectivity index (χ1n) is 13.5. The molecule has 0 radical (unpaired) electrons. The van der Waals surface area contributed by atoms with Gasteiger partial charge in [0.05, 0.1) is 35.0 Å². The Labute approximate surface area is 225 Å². The molecule has 38 heavy (non-hydrogen) atoms. The third-order valence-electron chi connectivity index (χ3n) is 8.46. The van der Waals surface area contributed by atoms with Crippen molar-refractivity contribution < 1.29 is 14.3 Å². The molecule has 3 N–H and O–H groups in total. The highest BCUT2D eigenvalue weighted by molar-refractivity contribution is 6.30. The minimum absolute atomic E-state index is 0.150. The summed E-state index contributed by atoms with van der Waals surface area (Å²) in [6.07, 6.45) is 11.0. The van der Waals surface area contributed by atoms with Gasteiger partial charge in [-0.1, -0.05) is 36.5 Å². The zero-order valence-electron chi connectivity index (χ0n) is 21.5. The van der Waals surface area contributed by atoms with Crippen molar-refractivity contribution >= 4 is 34.4 Å². The molecule has 3 aliphatic rings. The van der Waals surface area contributed by atoms with Crippen LogP contribution in [0.15, 0.2) is 23.6 Å². The SMILES string of the molecule is CC1CCC(Cn2c(N3CCO[C@@H]4CCC[C@H]43)nc3c(F)c(/C(N)=N/O)nc(-c4cncc(Cl)c4)c32)CC1. The number of oxime groups is 1. The Morgan fingerprint density at radius 3 is 2.79 bits per heavy atom. The first-order chi connectivity index (χ1) is 18.4. The molecule has 3 aromatic rings. The van der Waals surface area contributed by atoms with Crippen LogP contribution in [0.5, 0.6) is 0 Å². The van der Waals surface area contributed by atoms with E-state index in [1.54, 1.807) is 12.3 Å². The summed E-state index contributed by atoms with van der Waals surface area (Å²) in [5.41, 5.74) is 7.42. The van der Waals surface area contributed by atoms with Gasteiger partial charge < -0.3 is 25.1 Å². The maximum Gasteiger partial charge on any atom is 0.207 e. The molecule has 0 unspecified atom stereocenters. The summed E-state index contributed by atoms with van der Waals surface area (Å²) in [5.74, 6) is 0.773. The molecule has 6 rings (SSSR count). The number of nitrogens with two attached hydrogens (primary N) is 1. The van der Waals surface area contributed by atoms with Gasteiger partial charge in [-0.3, -0.25) is 4.98 Å². The van der Waals surface area contributed by atoms with Crippen LogP contribution in [0.3, 0.4) is 0 Å². The van der Waals surface area contributed by atoms with Gasteiger partial charge in [0.15, 0.2) is 11.7 Å². The summed E-state index contributed by atoms with van der Waals surface area (Å²) in [4.78, 5) is 16.1. The van der Waals surface area contributed by atoms with E-state index in [0.717, 1.165) is 44.0 Å². The zero-order valence-corrected chi connectivity index (χ0v) is 22.2. The maximum absolute atomic E-state index is 16.0. The van der Waals surface area contributed by atoms with E-state index >= 15 is 4.39 Å². The van der Waals surface area contributed by atoms with Crippen molar-refractivity contribution in [1.82, 2.24) is 19.5 Å². The molecule has 2 saturated carbocycles. The van der Waals surface area contributed by atoms with Crippen molar-refractivity contribution in [3.05, 3.63) is 35.0 Å². The predicted octanol–water partition coefficient (Wildman–Crippen LogP) is 4.96. The van der Waals surface area contributed by atoms with Crippen LogP contribution in [0.4, 0.5) is 10.3 Å². The number of halogens is 2. The summed E-state index contributed by atoms with van der Waals surface area (Å²) >= 11 is 6.31. The van der Waals surface area contributed by atoms with Crippen LogP contribution in [-0.4, -0.2) is 55.9 Å². The second-order valence-electron chi connectivity index (χ2n) is 10.9. The van der Waals surface area contributed by atoms with E-state index in [1.165, 1.54) is 19.0 Å². The van der Waals surface area contributed by atoms with Gasteiger partial charge in [-0.15, -0.1) is 0 Å². The molecule has 0 aromatic carbocycles. The first kappa shape index (κ1) is 25.3. The lowest BCUT2D eigenvalue weighted by Crippen LogP contribution is -2.49. The van der Waals surface area contributed by atoms with Gasteiger partial charge in [0.2, 0.25) is 5.95 Å². The summed E-state index contributed by atoms with van der Waals surface area (Å²) < 4.78 is 24.3. The monoisotopic (exact) mass is 541 g/mol. The lowest BCUT2D eigenvalue weighted by atomic mass is 9.83. The molecule has 11 heteroatoms. The second kappa shape index (κ2) is 10.3. The van der Waals surface area contributed by atoms with Crippen LogP contribution < -0.4 is 10.6 Å². The van der Waals surface area contributed by atoms with E-state index in [-0.39, 0.29) is 23.4 Å². The van der Waals surface area contributed by atoms with Crippen molar-refractivity contribution in [3.63, 3.8) is 0 Å². The fourth-order valence-corrected chi connectivity index (χ4v) is 6.63. The van der Waals surface area contributed by atoms with E-state index in [4.69, 9.17) is 27.1 Å². The number of ether oxygens (including phenoxy) is 1. The molecule has 202 valence electrons. The zero-order chi connectivity index (χ0) is 26.4. The lowest BCUT2D eigenvalue weighted by molar-refractivity contribution is 0.0247. The molecule has 4 heterocycles. The van der Waals surface area contributed by atoms with Gasteiger partial charge in [-0.05, 0) is 50.0 Å². The summed E-state index contributed by atoms with van der Waals surface area (Å²) in [7, 11) is 0. The Balaban J connectivity index is 1.59. The molecule has 2 aliphatic carbocycles. The maximum atomic E-state index is 16.0. The molecular formula is C27H33ClFN7O2. The number of pyridine rings is 2. The third kappa shape index (κ3) is 4.47. The van der Waals surface area contributed by atoms with Crippen molar-refractivity contribution in [3.8, 4) is 11.3 Å². The molecule has 0 spiro atoms. The topological polar surface area (TPSA) is 115 Å². The van der Waals surface area contributed by atoms with Crippen LogP contribution >= 0.6 is 11.6 Å². The van der Waals surface area contributed by atoms with Crippen molar-refractivity contribution in [2.45, 2.75) is 70.6 Å². The Morgan fingerprint density at radius 2 is 2.03 bits per heavy atom. The average Bonchev–Trinajstić information content (AvgIpc) is 3.55. The van der Waals surface area contributed by atoms with Crippen LogP contribution in [0.25, 0.3) is 22.3 Å². The number of nitrogens with zero attached hydrogens (tertiary/aromatic N) is 6. The van der Waals surface area contributed by atoms with Gasteiger partial charge >= 0.3 is 0 Å². The van der Waals surface area contributed by atoms with E-state index in [9.17, 15) is 5.21 Å². The van der Waals surface area contributed by atoms with Gasteiger partial charge in [0.1, 0.15) is 11.2 Å². The highest BCUT2D eigenvalue weighted by Gasteiger charge is 2.39. The Hall–Kier alpha value is -2.98. The van der Waals surface area contributed by atoms with Crippen molar-refractivity contribution in [2.24, 2.45) is 22.7 Å². The number of aromatic nitrogens is 4. The number of hydrogen-bond acceptors (Lipinski definition) is 7. The second-order valence-corrected chi connectivity index (χ2v) is 11.4. The van der Waals surface area contributed by atoms with E-state index in [1.807, 2.05) is 0 Å². The molecule has 1 aliphatic heterocycles. The molecule has 0 amide bonds. The number of morpholine rings is 1. The van der Waals surface area contributed by atoms with Crippen LogP contribution in [-0.2, 0) is 11.3 Å². The number of fused-ring (bicyclic) bond motifs is 2. The van der Waals surface area contributed by atoms with E-state index in [0.29, 0.717) is 47.4 Å². The normalized spacial score (nSPS) is 26.2. The lowest BCUT2D eigenvalue weighted by Gasteiger charge is -2.39. The first-order valence-corrected chi connectivity index (χ1v) is 13.9. The summed E-state index contributed by atoms with van der Waals surface area (Å²) in [5, 5.41) is 12.8. The van der Waals surface area contributed by atoms with Gasteiger partial charge in [-0.2, -0.15) is 0 Å². The molecule has 3 aromatic heterocycles. The molecule has 2 atom stereocenters. The Kier molecular flexibility index (Phi) is 6.86. The van der Waals surface area contributed by atoms with Crippen molar-refractivity contribution in [1.29, 1.82) is 0 Å². The van der Waals surface area contributed by atoms with Crippen LogP contribution in [0.2, 0.25) is 5.02 Å². The molecular weight excluding hydrogens is 509 g/mol. The molecule has 9 nitrogen and oxygen atoms in total. The number of amidine groups is 1. The van der Waals surface area contributed by atoms with Gasteiger partial charge in [0, 0.05) is 31.0 Å². The number of hydrogen-bond donors (Lipinski definition) is 2. The fourth-order valence-electron chi connectivity index (χ4n) is 6.46. The number of anilines is 1. The van der Waals surface area contributed by atoms with Crippen molar-refractivity contribution in [2.75, 3.05) is 18.1 Å². The van der Waals surface area contributed by atoms with E-state index in [2.05, 4.69) is 31.5 Å². The molecule has 0 bridgehead atoms. The Morgan fingerprint density at radius 1 is 1.21 bits per heavy atom. The molecule has 3 fully saturated rings. The smallest absolute Gasteiger partial charge is 0.207 e. The predicted molar refractivity (Wildman–Crippen MR) is 144 cm³/mol. The van der Waals surface area contributed by atoms with Gasteiger partial charge in [-0.25, -0.2) is 14.4 Å². The van der Waals surface area contributed by atoms with Crippen LogP contribution in [0.1, 0.15) is 57.6 Å². The highest BCUT2D eigenvalue weighted by Crippen LogP contribution is 2.40. The summed E-state index contributed by atoms with van der Waals surface area (Å²) in [6, 6.07) is 1.94. The number of rotatable bonds is 5. The highest BCUT2D eigenvalue weighted by atomic mass is 35.5. The Bertz CT molecular complexity index is 1370. The largest absolute Gasteiger partial charge is 0.409 e. The quantitative estimate of drug-likeness (QED) is 0.203. The standard InChI is InChI=1S/C27H33ClFN7O2/c1-15-5-7-16(8-6-15)14-36-25-22(17-11-18(28)13-31-12-17)32-24(26(30)34-37)21(29)23(25)33-27(36)35-9-10-38-20-4-2-3-19(20)35/h11-13,15-16,19-20,37H,2-10,14H2,1H3,(H2,30,34)/t15?,16?,19-,20-/m1/s1. The van der Waals surface area contributed by atoms with E-state index < -0.39 is 11.7 Å². The molecule has 1 saturated heterocycles. The van der Waals surface area contributed by atoms with Gasteiger partial charge in [0.25, 0.3) is 0 Å². The summed E-state index contributed by atoms with van der Waals surface area (Å²) in [6.45, 7) is 4.30. The third-order valence-corrected chi connectivity index (χ3v) is 8.66. The average molecular weight is 542 g/mol. The minimum Gasteiger partial charge on any atom is -0.409 e. The fraction of sp³-hybridized carbons (Fsp3) is 0.556. The van der Waals surface area contributed by atoms with Crippen LogP contribution in [0, 0.1) is 17.7 Å². The number of imidazole rings is 1. The minimum atomic E-state index is -0.706.